The molecule has 20 heavy (non-hydrogen) atoms. The molecule has 3 unspecified atom stereocenters. The van der Waals surface area contributed by atoms with Gasteiger partial charge >= 0.3 is 0 Å². The van der Waals surface area contributed by atoms with E-state index in [9.17, 15) is 0 Å². The number of halogens is 2. The lowest BCUT2D eigenvalue weighted by atomic mass is 10.0. The van der Waals surface area contributed by atoms with Crippen molar-refractivity contribution in [3.63, 3.8) is 0 Å². The molecule has 3 nitrogen and oxygen atoms in total. The Kier molecular flexibility index (Phi) is 4.53. The SMILES string of the molecule is NC(CCN1CC2CCC(C1)O2)c1cccc(Cl)c1Cl. The van der Waals surface area contributed by atoms with Gasteiger partial charge in [0.25, 0.3) is 0 Å². The second-order valence-corrected chi connectivity index (χ2v) is 6.54. The monoisotopic (exact) mass is 314 g/mol. The molecular weight excluding hydrogens is 295 g/mol. The van der Waals surface area contributed by atoms with E-state index in [1.807, 2.05) is 12.1 Å². The molecule has 2 heterocycles. The summed E-state index contributed by atoms with van der Waals surface area (Å²) in [7, 11) is 0. The van der Waals surface area contributed by atoms with Crippen LogP contribution in [0.15, 0.2) is 18.2 Å². The third-order valence-electron chi connectivity index (χ3n) is 4.26. The number of nitrogens with two attached hydrogens (primary N) is 1. The maximum atomic E-state index is 6.27. The number of nitrogens with zero attached hydrogens (tertiary/aromatic N) is 1. The summed E-state index contributed by atoms with van der Waals surface area (Å²) in [5.41, 5.74) is 7.21. The number of hydrogen-bond acceptors (Lipinski definition) is 3. The van der Waals surface area contributed by atoms with E-state index < -0.39 is 0 Å². The predicted molar refractivity (Wildman–Crippen MR) is 82.3 cm³/mol. The lowest BCUT2D eigenvalue weighted by molar-refractivity contribution is -0.0388. The van der Waals surface area contributed by atoms with Crippen molar-refractivity contribution in [1.82, 2.24) is 4.90 Å². The molecule has 2 aliphatic rings. The predicted octanol–water partition coefficient (Wildman–Crippen LogP) is 3.25. The molecule has 110 valence electrons. The minimum absolute atomic E-state index is 0.0679. The minimum atomic E-state index is -0.0679. The molecule has 0 radical (unpaired) electrons. The van der Waals surface area contributed by atoms with Crippen molar-refractivity contribution in [2.45, 2.75) is 37.5 Å². The Balaban J connectivity index is 1.57. The Hall–Kier alpha value is -0.320. The second-order valence-electron chi connectivity index (χ2n) is 5.76. The molecule has 2 N–H and O–H groups in total. The summed E-state index contributed by atoms with van der Waals surface area (Å²) >= 11 is 12.3. The molecule has 2 bridgehead atoms. The van der Waals surface area contributed by atoms with Gasteiger partial charge < -0.3 is 10.5 Å². The molecular formula is C15H20Cl2N2O. The van der Waals surface area contributed by atoms with Crippen LogP contribution in [0.4, 0.5) is 0 Å². The molecule has 0 aliphatic carbocycles. The van der Waals surface area contributed by atoms with E-state index in [-0.39, 0.29) is 6.04 Å². The first-order chi connectivity index (χ1) is 9.63. The summed E-state index contributed by atoms with van der Waals surface area (Å²) in [6.45, 7) is 3.05. The molecule has 0 saturated carbocycles. The highest BCUT2D eigenvalue weighted by molar-refractivity contribution is 6.42. The van der Waals surface area contributed by atoms with Gasteiger partial charge in [-0.2, -0.15) is 0 Å². The Labute approximate surface area is 130 Å². The highest BCUT2D eigenvalue weighted by Gasteiger charge is 2.33. The van der Waals surface area contributed by atoms with Crippen molar-refractivity contribution in [2.24, 2.45) is 5.73 Å². The van der Waals surface area contributed by atoms with Crippen molar-refractivity contribution in [3.8, 4) is 0 Å². The standard InChI is InChI=1S/C15H20Cl2N2O/c16-13-3-1-2-12(15(13)17)14(18)6-7-19-8-10-4-5-11(9-19)20-10/h1-3,10-11,14H,4-9,18H2. The summed E-state index contributed by atoms with van der Waals surface area (Å²) in [6, 6.07) is 5.58. The van der Waals surface area contributed by atoms with Gasteiger partial charge in [-0.15, -0.1) is 0 Å². The number of likely N-dealkylation sites (tertiary alicyclic amines) is 1. The molecule has 5 heteroatoms. The summed E-state index contributed by atoms with van der Waals surface area (Å²) in [6.07, 6.45) is 4.15. The van der Waals surface area contributed by atoms with Crippen molar-refractivity contribution in [3.05, 3.63) is 33.8 Å². The zero-order valence-electron chi connectivity index (χ0n) is 11.4. The van der Waals surface area contributed by atoms with Crippen LogP contribution in [0.2, 0.25) is 10.0 Å². The van der Waals surface area contributed by atoms with Gasteiger partial charge in [0.1, 0.15) is 0 Å². The van der Waals surface area contributed by atoms with Crippen LogP contribution in [0.3, 0.4) is 0 Å². The molecule has 2 fully saturated rings. The maximum Gasteiger partial charge on any atom is 0.0707 e. The fourth-order valence-electron chi connectivity index (χ4n) is 3.17. The number of rotatable bonds is 4. The van der Waals surface area contributed by atoms with E-state index in [1.54, 1.807) is 6.07 Å². The summed E-state index contributed by atoms with van der Waals surface area (Å²) in [5.74, 6) is 0. The van der Waals surface area contributed by atoms with E-state index in [4.69, 9.17) is 33.7 Å². The van der Waals surface area contributed by atoms with Gasteiger partial charge in [0, 0.05) is 25.7 Å². The molecule has 3 atom stereocenters. The largest absolute Gasteiger partial charge is 0.372 e. The smallest absolute Gasteiger partial charge is 0.0707 e. The normalized spacial score (nSPS) is 27.8. The molecule has 0 aromatic heterocycles. The van der Waals surface area contributed by atoms with Crippen LogP contribution in [0.5, 0.6) is 0 Å². The first kappa shape index (κ1) is 14.6. The van der Waals surface area contributed by atoms with Crippen LogP contribution in [0.1, 0.15) is 30.9 Å². The van der Waals surface area contributed by atoms with Gasteiger partial charge in [0.05, 0.1) is 22.3 Å². The fraction of sp³-hybridized carbons (Fsp3) is 0.600. The van der Waals surface area contributed by atoms with Crippen LogP contribution in [-0.2, 0) is 4.74 Å². The van der Waals surface area contributed by atoms with Crippen molar-refractivity contribution in [1.29, 1.82) is 0 Å². The van der Waals surface area contributed by atoms with E-state index in [2.05, 4.69) is 4.90 Å². The average molecular weight is 315 g/mol. The van der Waals surface area contributed by atoms with E-state index in [0.717, 1.165) is 31.6 Å². The van der Waals surface area contributed by atoms with E-state index in [0.29, 0.717) is 22.3 Å². The quantitative estimate of drug-likeness (QED) is 0.927. The fourth-order valence-corrected chi connectivity index (χ4v) is 3.61. The van der Waals surface area contributed by atoms with Crippen LogP contribution in [0.25, 0.3) is 0 Å². The Morgan fingerprint density at radius 2 is 1.95 bits per heavy atom. The highest BCUT2D eigenvalue weighted by atomic mass is 35.5. The lowest BCUT2D eigenvalue weighted by Gasteiger charge is -2.32. The number of morpholine rings is 1. The molecule has 1 aromatic carbocycles. The average Bonchev–Trinajstić information content (AvgIpc) is 2.78. The Morgan fingerprint density at radius 3 is 2.65 bits per heavy atom. The highest BCUT2D eigenvalue weighted by Crippen LogP contribution is 2.31. The maximum absolute atomic E-state index is 6.27. The van der Waals surface area contributed by atoms with Crippen LogP contribution in [0, 0.1) is 0 Å². The molecule has 2 aliphatic heterocycles. The van der Waals surface area contributed by atoms with Crippen molar-refractivity contribution in [2.75, 3.05) is 19.6 Å². The number of benzene rings is 1. The second kappa shape index (κ2) is 6.20. The summed E-state index contributed by atoms with van der Waals surface area (Å²) < 4.78 is 5.84. The molecule has 1 aromatic rings. The number of hydrogen-bond donors (Lipinski definition) is 1. The Morgan fingerprint density at radius 1 is 1.25 bits per heavy atom. The van der Waals surface area contributed by atoms with Crippen LogP contribution in [-0.4, -0.2) is 36.7 Å². The van der Waals surface area contributed by atoms with Gasteiger partial charge in [-0.1, -0.05) is 35.3 Å². The van der Waals surface area contributed by atoms with Gasteiger partial charge in [0.15, 0.2) is 0 Å². The Bertz CT molecular complexity index is 471. The third-order valence-corrected chi connectivity index (χ3v) is 5.09. The zero-order chi connectivity index (χ0) is 14.1. The number of fused-ring (bicyclic) bond motifs is 2. The van der Waals surface area contributed by atoms with E-state index >= 15 is 0 Å². The zero-order valence-corrected chi connectivity index (χ0v) is 12.9. The molecule has 0 amide bonds. The van der Waals surface area contributed by atoms with E-state index in [1.165, 1.54) is 12.8 Å². The number of ether oxygens (including phenoxy) is 1. The van der Waals surface area contributed by atoms with Gasteiger partial charge in [-0.25, -0.2) is 0 Å². The molecule has 0 spiro atoms. The van der Waals surface area contributed by atoms with Gasteiger partial charge in [0.2, 0.25) is 0 Å². The van der Waals surface area contributed by atoms with Crippen LogP contribution >= 0.6 is 23.2 Å². The summed E-state index contributed by atoms with van der Waals surface area (Å²) in [4.78, 5) is 2.46. The van der Waals surface area contributed by atoms with Gasteiger partial charge in [-0.3, -0.25) is 4.90 Å². The third kappa shape index (κ3) is 3.12. The molecule has 2 saturated heterocycles. The topological polar surface area (TPSA) is 38.5 Å². The van der Waals surface area contributed by atoms with Crippen molar-refractivity contribution >= 4 is 23.2 Å². The van der Waals surface area contributed by atoms with Crippen LogP contribution < -0.4 is 5.73 Å². The first-order valence-electron chi connectivity index (χ1n) is 7.21. The molecule has 3 rings (SSSR count). The van der Waals surface area contributed by atoms with Gasteiger partial charge in [-0.05, 0) is 30.9 Å². The summed E-state index contributed by atoms with van der Waals surface area (Å²) in [5, 5.41) is 1.16. The first-order valence-corrected chi connectivity index (χ1v) is 7.96. The minimum Gasteiger partial charge on any atom is -0.372 e. The van der Waals surface area contributed by atoms with Crippen molar-refractivity contribution < 1.29 is 4.74 Å². The lowest BCUT2D eigenvalue weighted by Crippen LogP contribution is -2.43.